The average molecular weight is 562 g/mol. The fourth-order valence-electron chi connectivity index (χ4n) is 4.26. The van der Waals surface area contributed by atoms with E-state index in [-0.39, 0.29) is 23.3 Å². The van der Waals surface area contributed by atoms with E-state index in [1.165, 1.54) is 18.5 Å². The molecule has 1 aliphatic rings. The highest BCUT2D eigenvalue weighted by atomic mass is 19.2. The van der Waals surface area contributed by atoms with Gasteiger partial charge >= 0.3 is 0 Å². The lowest BCUT2D eigenvalue weighted by atomic mass is 10.00. The minimum atomic E-state index is -1.52. The number of likely N-dealkylation sites (tertiary alicyclic amines) is 1. The number of rotatable bonds is 8. The number of hydrogen-bond acceptors (Lipinski definition) is 5. The van der Waals surface area contributed by atoms with Crippen LogP contribution in [0.1, 0.15) is 72.9 Å². The molecule has 2 aromatic rings. The highest BCUT2D eigenvalue weighted by molar-refractivity contribution is 6.16. The number of aliphatic imine (C=N–C) groups is 1. The Balaban J connectivity index is 0.00000191. The van der Waals surface area contributed by atoms with E-state index in [9.17, 15) is 22.8 Å². The van der Waals surface area contributed by atoms with Gasteiger partial charge in [0.05, 0.1) is 12.3 Å². The summed E-state index contributed by atoms with van der Waals surface area (Å²) in [5.74, 6) is 0.470. The van der Waals surface area contributed by atoms with Crippen molar-refractivity contribution in [3.05, 3.63) is 59.4 Å². The fourth-order valence-corrected chi connectivity index (χ4v) is 4.26. The van der Waals surface area contributed by atoms with Crippen LogP contribution in [0.5, 0.6) is 0 Å². The van der Waals surface area contributed by atoms with Crippen molar-refractivity contribution in [2.45, 2.75) is 79.4 Å². The third-order valence-corrected chi connectivity index (χ3v) is 6.24. The summed E-state index contributed by atoms with van der Waals surface area (Å²) in [6, 6.07) is 6.90. The second-order valence-electron chi connectivity index (χ2n) is 9.05. The maximum absolute atomic E-state index is 14.1. The molecule has 3 rings (SSSR count). The topological polar surface area (TPSA) is 100 Å². The van der Waals surface area contributed by atoms with E-state index >= 15 is 0 Å². The molecule has 2 aromatic carbocycles. The van der Waals surface area contributed by atoms with Crippen LogP contribution in [-0.2, 0) is 9.59 Å². The van der Waals surface area contributed by atoms with Crippen molar-refractivity contribution >= 4 is 24.2 Å². The number of carbonyl (C=O) groups excluding carboxylic acids is 2. The zero-order valence-electron chi connectivity index (χ0n) is 24.4. The van der Waals surface area contributed by atoms with Gasteiger partial charge in [0.2, 0.25) is 11.8 Å². The van der Waals surface area contributed by atoms with Crippen molar-refractivity contribution in [3.63, 3.8) is 0 Å². The predicted molar refractivity (Wildman–Crippen MR) is 156 cm³/mol. The van der Waals surface area contributed by atoms with Gasteiger partial charge in [-0.05, 0) is 48.9 Å². The minimum absolute atomic E-state index is 0.0580. The summed E-state index contributed by atoms with van der Waals surface area (Å²) in [5, 5.41) is 6.29. The molecule has 3 atom stereocenters. The van der Waals surface area contributed by atoms with Crippen LogP contribution in [0.2, 0.25) is 0 Å². The van der Waals surface area contributed by atoms with E-state index in [4.69, 9.17) is 5.84 Å². The van der Waals surface area contributed by atoms with Crippen LogP contribution in [0, 0.1) is 23.4 Å². The summed E-state index contributed by atoms with van der Waals surface area (Å²) in [5.41, 5.74) is 1.05. The fraction of sp³-hybridized carbons (Fsp3) is 0.467. The molecule has 10 heteroatoms. The first-order chi connectivity index (χ1) is 19.1. The standard InChI is InChI=1S/C26H30F3N5O2.2C2H6/c1-15(2)24(31-12-13-32-30)26(36)34-14-4-5-21(34)25(35)33-16(3)17-6-8-18(9-7-17)19-10-11-20(27)23(29)22(19)28;2*1-2/h6-13,15-16,21,24H,4-5,14,30H2,1-3H3,(H,33,35);2*1-2H3/b31-12?,32-13-;;. The molecular weight excluding hydrogens is 519 g/mol. The maximum Gasteiger partial charge on any atom is 0.248 e. The number of benzene rings is 2. The van der Waals surface area contributed by atoms with Gasteiger partial charge in [-0.3, -0.25) is 14.6 Å². The summed E-state index contributed by atoms with van der Waals surface area (Å²) in [4.78, 5) is 32.1. The predicted octanol–water partition coefficient (Wildman–Crippen LogP) is 6.03. The maximum atomic E-state index is 14.1. The molecule has 2 amide bonds. The molecule has 1 aliphatic heterocycles. The van der Waals surface area contributed by atoms with E-state index in [2.05, 4.69) is 15.4 Å². The van der Waals surface area contributed by atoms with Crippen LogP contribution in [0.15, 0.2) is 46.5 Å². The summed E-state index contributed by atoms with van der Waals surface area (Å²) in [7, 11) is 0. The minimum Gasteiger partial charge on any atom is -0.348 e. The SMILES string of the molecule is CC.CC.CC(NC(=O)C1CCCN1C(=O)C(N=C/C=N\N)C(C)C)c1ccc(-c2ccc(F)c(F)c2F)cc1. The van der Waals surface area contributed by atoms with Crippen LogP contribution in [0.3, 0.4) is 0 Å². The van der Waals surface area contributed by atoms with E-state index < -0.39 is 35.6 Å². The Labute approximate surface area is 235 Å². The first-order valence-corrected chi connectivity index (χ1v) is 13.7. The normalized spacial score (nSPS) is 16.3. The van der Waals surface area contributed by atoms with Gasteiger partial charge in [0.25, 0.3) is 0 Å². The first-order valence-electron chi connectivity index (χ1n) is 13.7. The molecule has 1 saturated heterocycles. The van der Waals surface area contributed by atoms with Gasteiger partial charge in [-0.2, -0.15) is 5.10 Å². The molecule has 3 unspecified atom stereocenters. The molecule has 0 saturated carbocycles. The molecule has 1 fully saturated rings. The van der Waals surface area contributed by atoms with Gasteiger partial charge in [0, 0.05) is 18.3 Å². The Kier molecular flexibility index (Phi) is 14.7. The molecule has 0 spiro atoms. The number of nitrogens with zero attached hydrogens (tertiary/aromatic N) is 3. The zero-order chi connectivity index (χ0) is 30.4. The number of hydrazone groups is 1. The second kappa shape index (κ2) is 17.1. The number of amides is 2. The van der Waals surface area contributed by atoms with Crippen LogP contribution in [-0.4, -0.2) is 47.8 Å². The van der Waals surface area contributed by atoms with Crippen molar-refractivity contribution in [1.82, 2.24) is 10.2 Å². The molecule has 40 heavy (non-hydrogen) atoms. The molecular formula is C30H42F3N5O2. The van der Waals surface area contributed by atoms with Crippen LogP contribution in [0.4, 0.5) is 13.2 Å². The lowest BCUT2D eigenvalue weighted by Gasteiger charge is -2.29. The van der Waals surface area contributed by atoms with Gasteiger partial charge in [-0.25, -0.2) is 13.2 Å². The number of hydrogen-bond donors (Lipinski definition) is 2. The number of nitrogens with one attached hydrogen (secondary N) is 1. The van der Waals surface area contributed by atoms with Gasteiger partial charge in [-0.1, -0.05) is 65.8 Å². The first kappa shape index (κ1) is 34.3. The van der Waals surface area contributed by atoms with Crippen LogP contribution >= 0.6 is 0 Å². The van der Waals surface area contributed by atoms with Crippen LogP contribution < -0.4 is 11.2 Å². The number of nitrogens with two attached hydrogens (primary N) is 1. The summed E-state index contributed by atoms with van der Waals surface area (Å²) in [6.45, 7) is 14.0. The highest BCUT2D eigenvalue weighted by Crippen LogP contribution is 2.28. The lowest BCUT2D eigenvalue weighted by molar-refractivity contribution is -0.140. The Morgan fingerprint density at radius 2 is 1.60 bits per heavy atom. The Morgan fingerprint density at radius 3 is 2.17 bits per heavy atom. The number of carbonyl (C=O) groups is 2. The summed E-state index contributed by atoms with van der Waals surface area (Å²) >= 11 is 0. The Hall–Kier alpha value is -3.69. The van der Waals surface area contributed by atoms with Gasteiger partial charge < -0.3 is 16.1 Å². The molecule has 0 bridgehead atoms. The Morgan fingerprint density at radius 1 is 0.975 bits per heavy atom. The van der Waals surface area contributed by atoms with Crippen molar-refractivity contribution in [1.29, 1.82) is 0 Å². The molecule has 0 aliphatic carbocycles. The van der Waals surface area contributed by atoms with Crippen molar-refractivity contribution in [2.75, 3.05) is 6.54 Å². The molecule has 0 aromatic heterocycles. The molecule has 0 radical (unpaired) electrons. The van der Waals surface area contributed by atoms with Crippen molar-refractivity contribution < 1.29 is 22.8 Å². The van der Waals surface area contributed by atoms with Gasteiger partial charge in [0.15, 0.2) is 17.5 Å². The quantitative estimate of drug-likeness (QED) is 0.178. The van der Waals surface area contributed by atoms with E-state index in [1.54, 1.807) is 36.1 Å². The van der Waals surface area contributed by atoms with E-state index in [0.29, 0.717) is 24.9 Å². The third kappa shape index (κ3) is 8.66. The monoisotopic (exact) mass is 561 g/mol. The van der Waals surface area contributed by atoms with Gasteiger partial charge in [-0.15, -0.1) is 0 Å². The smallest absolute Gasteiger partial charge is 0.248 e. The number of halogens is 3. The van der Waals surface area contributed by atoms with Crippen LogP contribution in [0.25, 0.3) is 11.1 Å². The summed E-state index contributed by atoms with van der Waals surface area (Å²) < 4.78 is 40.9. The average Bonchev–Trinajstić information content (AvgIpc) is 3.46. The molecule has 3 N–H and O–H groups in total. The zero-order valence-corrected chi connectivity index (χ0v) is 24.4. The lowest BCUT2D eigenvalue weighted by Crippen LogP contribution is -2.50. The second-order valence-corrected chi connectivity index (χ2v) is 9.05. The van der Waals surface area contributed by atoms with Crippen molar-refractivity contribution in [3.8, 4) is 11.1 Å². The largest absolute Gasteiger partial charge is 0.348 e. The van der Waals surface area contributed by atoms with Gasteiger partial charge in [0.1, 0.15) is 12.1 Å². The van der Waals surface area contributed by atoms with E-state index in [1.807, 2.05) is 41.5 Å². The molecule has 220 valence electrons. The molecule has 7 nitrogen and oxygen atoms in total. The molecule has 1 heterocycles. The highest BCUT2D eigenvalue weighted by Gasteiger charge is 2.38. The van der Waals surface area contributed by atoms with Crippen molar-refractivity contribution in [2.24, 2.45) is 21.9 Å². The van der Waals surface area contributed by atoms with E-state index in [0.717, 1.165) is 11.6 Å². The Bertz CT molecular complexity index is 1150. The summed E-state index contributed by atoms with van der Waals surface area (Å²) in [6.07, 6.45) is 3.92. The third-order valence-electron chi connectivity index (χ3n) is 6.24.